The van der Waals surface area contributed by atoms with E-state index in [0.717, 1.165) is 25.7 Å². The van der Waals surface area contributed by atoms with Gasteiger partial charge in [-0.2, -0.15) is 0 Å². The summed E-state index contributed by atoms with van der Waals surface area (Å²) >= 11 is 0. The molecular weight excluding hydrogens is 178 g/mol. The molecule has 0 saturated heterocycles. The van der Waals surface area contributed by atoms with Gasteiger partial charge in [-0.1, -0.05) is 26.3 Å². The van der Waals surface area contributed by atoms with Crippen LogP contribution in [0.3, 0.4) is 0 Å². The van der Waals surface area contributed by atoms with Crippen molar-refractivity contribution < 1.29 is 9.53 Å². The molecule has 3 heteroatoms. The number of rotatable bonds is 8. The van der Waals surface area contributed by atoms with E-state index < -0.39 is 0 Å². The molecule has 0 heterocycles. The van der Waals surface area contributed by atoms with Gasteiger partial charge < -0.3 is 10.1 Å². The predicted octanol–water partition coefficient (Wildman–Crippen LogP) is 1.89. The van der Waals surface area contributed by atoms with Crippen LogP contribution in [-0.2, 0) is 9.53 Å². The Bertz CT molecular complexity index is 158. The molecule has 0 spiro atoms. The first-order valence-corrected chi connectivity index (χ1v) is 5.21. The Kier molecular flexibility index (Phi) is 8.24. The maximum Gasteiger partial charge on any atom is 0.333 e. The van der Waals surface area contributed by atoms with Crippen LogP contribution in [0.25, 0.3) is 0 Å². The second-order valence-electron chi connectivity index (χ2n) is 3.30. The molecule has 0 aliphatic rings. The summed E-state index contributed by atoms with van der Waals surface area (Å²) in [5, 5.41) is 2.91. The Morgan fingerprint density at radius 1 is 1.43 bits per heavy atom. The molecule has 0 aliphatic carbocycles. The number of nitrogens with one attached hydrogen (secondary N) is 1. The molecule has 0 amide bonds. The largest absolute Gasteiger partial charge is 0.461 e. The number of hydrogen-bond donors (Lipinski definition) is 1. The molecule has 0 unspecified atom stereocenters. The van der Waals surface area contributed by atoms with Gasteiger partial charge in [0.05, 0.1) is 0 Å². The summed E-state index contributed by atoms with van der Waals surface area (Å²) in [6.45, 7) is 6.95. The summed E-state index contributed by atoms with van der Waals surface area (Å²) in [4.78, 5) is 11.3. The Morgan fingerprint density at radius 2 is 2.14 bits per heavy atom. The number of hydrogen-bond acceptors (Lipinski definition) is 3. The van der Waals surface area contributed by atoms with Crippen LogP contribution in [0.1, 0.15) is 32.6 Å². The smallest absolute Gasteiger partial charge is 0.333 e. The van der Waals surface area contributed by atoms with Gasteiger partial charge in [0.1, 0.15) is 6.61 Å². The van der Waals surface area contributed by atoms with Gasteiger partial charge in [0.2, 0.25) is 0 Å². The molecule has 14 heavy (non-hydrogen) atoms. The van der Waals surface area contributed by atoms with Crippen molar-refractivity contribution in [1.29, 1.82) is 0 Å². The molecule has 0 bridgehead atoms. The first kappa shape index (κ1) is 13.2. The van der Waals surface area contributed by atoms with Crippen LogP contribution in [0.4, 0.5) is 0 Å². The topological polar surface area (TPSA) is 38.3 Å². The number of unbranched alkanes of at least 4 members (excludes halogenated alkanes) is 2. The molecule has 0 radical (unpaired) electrons. The van der Waals surface area contributed by atoms with Crippen LogP contribution in [0.2, 0.25) is 0 Å². The normalized spacial score (nSPS) is 9.86. The Labute approximate surface area is 86.5 Å². The highest BCUT2D eigenvalue weighted by molar-refractivity contribution is 5.87. The molecule has 0 aliphatic heterocycles. The molecular formula is C11H21NO2. The van der Waals surface area contributed by atoms with Crippen molar-refractivity contribution in [3.8, 4) is 0 Å². The fourth-order valence-electron chi connectivity index (χ4n) is 1.04. The summed E-state index contributed by atoms with van der Waals surface area (Å²) < 4.78 is 4.97. The van der Waals surface area contributed by atoms with E-state index in [2.05, 4.69) is 18.8 Å². The maximum atomic E-state index is 11.3. The van der Waals surface area contributed by atoms with E-state index in [9.17, 15) is 4.79 Å². The highest BCUT2D eigenvalue weighted by Crippen LogP contribution is 2.08. The molecule has 0 aromatic carbocycles. The molecule has 0 aromatic rings. The molecule has 0 atom stereocenters. The van der Waals surface area contributed by atoms with Gasteiger partial charge in [-0.3, -0.25) is 0 Å². The van der Waals surface area contributed by atoms with Crippen molar-refractivity contribution in [2.45, 2.75) is 32.6 Å². The van der Waals surface area contributed by atoms with Crippen molar-refractivity contribution in [3.05, 3.63) is 12.2 Å². The minimum Gasteiger partial charge on any atom is -0.461 e. The first-order chi connectivity index (χ1) is 6.72. The summed E-state index contributed by atoms with van der Waals surface area (Å²) in [6.07, 6.45) is 4.08. The zero-order valence-electron chi connectivity index (χ0n) is 9.27. The van der Waals surface area contributed by atoms with Gasteiger partial charge in [0.15, 0.2) is 0 Å². The lowest BCUT2D eigenvalue weighted by molar-refractivity contribution is -0.139. The van der Waals surface area contributed by atoms with E-state index >= 15 is 0 Å². The molecule has 0 rings (SSSR count). The summed E-state index contributed by atoms with van der Waals surface area (Å²) in [5.41, 5.74) is 0.592. The van der Waals surface area contributed by atoms with E-state index in [0.29, 0.717) is 18.7 Å². The molecule has 82 valence electrons. The summed E-state index contributed by atoms with van der Waals surface area (Å²) in [7, 11) is 1.82. The van der Waals surface area contributed by atoms with E-state index in [-0.39, 0.29) is 5.97 Å². The highest BCUT2D eigenvalue weighted by Gasteiger charge is 2.06. The van der Waals surface area contributed by atoms with Crippen LogP contribution in [0.5, 0.6) is 0 Å². The fraction of sp³-hybridized carbons (Fsp3) is 0.727. The molecule has 0 aromatic heterocycles. The number of ether oxygens (including phenoxy) is 1. The third-order valence-electron chi connectivity index (χ3n) is 1.96. The van der Waals surface area contributed by atoms with Crippen LogP contribution in [0, 0.1) is 0 Å². The zero-order chi connectivity index (χ0) is 10.8. The number of carbonyl (C=O) groups excluding carboxylic acids is 1. The number of esters is 1. The van der Waals surface area contributed by atoms with E-state index in [1.807, 2.05) is 7.05 Å². The minimum absolute atomic E-state index is 0.253. The average molecular weight is 199 g/mol. The van der Waals surface area contributed by atoms with E-state index in [1.165, 1.54) is 0 Å². The average Bonchev–Trinajstić information content (AvgIpc) is 2.18. The van der Waals surface area contributed by atoms with Gasteiger partial charge in [-0.25, -0.2) is 4.79 Å². The standard InChI is InChI=1S/C11H21NO2/c1-4-5-6-7-10(2)11(13)14-9-8-12-3/h12H,2,4-9H2,1,3H3. The third kappa shape index (κ3) is 6.66. The molecule has 3 nitrogen and oxygen atoms in total. The van der Waals surface area contributed by atoms with Crippen LogP contribution < -0.4 is 5.32 Å². The van der Waals surface area contributed by atoms with Gasteiger partial charge >= 0.3 is 5.97 Å². The summed E-state index contributed by atoms with van der Waals surface area (Å²) in [5.74, 6) is -0.253. The second-order valence-corrected chi connectivity index (χ2v) is 3.30. The Hall–Kier alpha value is -0.830. The quantitative estimate of drug-likeness (QED) is 0.368. The summed E-state index contributed by atoms with van der Waals surface area (Å²) in [6, 6.07) is 0. The number of carbonyl (C=O) groups is 1. The van der Waals surface area contributed by atoms with Crippen molar-refractivity contribution >= 4 is 5.97 Å². The Balaban J connectivity index is 3.50. The fourth-order valence-corrected chi connectivity index (χ4v) is 1.04. The zero-order valence-corrected chi connectivity index (χ0v) is 9.27. The van der Waals surface area contributed by atoms with Crippen LogP contribution in [0.15, 0.2) is 12.2 Å². The Morgan fingerprint density at radius 3 is 2.71 bits per heavy atom. The van der Waals surface area contributed by atoms with E-state index in [1.54, 1.807) is 0 Å². The lowest BCUT2D eigenvalue weighted by Gasteiger charge is -2.06. The monoisotopic (exact) mass is 199 g/mol. The highest BCUT2D eigenvalue weighted by atomic mass is 16.5. The molecule has 0 saturated carbocycles. The SMILES string of the molecule is C=C(CCCCC)C(=O)OCCNC. The van der Waals surface area contributed by atoms with Crippen molar-refractivity contribution in [1.82, 2.24) is 5.32 Å². The van der Waals surface area contributed by atoms with Gasteiger partial charge in [-0.15, -0.1) is 0 Å². The van der Waals surface area contributed by atoms with Crippen molar-refractivity contribution in [2.24, 2.45) is 0 Å². The van der Waals surface area contributed by atoms with Gasteiger partial charge in [0.25, 0.3) is 0 Å². The van der Waals surface area contributed by atoms with Crippen molar-refractivity contribution in [3.63, 3.8) is 0 Å². The molecule has 0 fully saturated rings. The van der Waals surface area contributed by atoms with Crippen molar-refractivity contribution in [2.75, 3.05) is 20.2 Å². The predicted molar refractivity (Wildman–Crippen MR) is 58.2 cm³/mol. The first-order valence-electron chi connectivity index (χ1n) is 5.21. The third-order valence-corrected chi connectivity index (χ3v) is 1.96. The minimum atomic E-state index is -0.253. The lowest BCUT2D eigenvalue weighted by Crippen LogP contribution is -2.18. The van der Waals surface area contributed by atoms with Gasteiger partial charge in [0, 0.05) is 12.1 Å². The van der Waals surface area contributed by atoms with Crippen LogP contribution in [-0.4, -0.2) is 26.2 Å². The van der Waals surface area contributed by atoms with Gasteiger partial charge in [-0.05, 0) is 19.9 Å². The molecule has 1 N–H and O–H groups in total. The number of likely N-dealkylation sites (N-methyl/N-ethyl adjacent to an activating group) is 1. The second kappa shape index (κ2) is 8.75. The van der Waals surface area contributed by atoms with Crippen LogP contribution >= 0.6 is 0 Å². The maximum absolute atomic E-state index is 11.3. The lowest BCUT2D eigenvalue weighted by atomic mass is 10.1. The van der Waals surface area contributed by atoms with E-state index in [4.69, 9.17) is 4.74 Å².